The molecule has 1 saturated heterocycles. The van der Waals surface area contributed by atoms with Gasteiger partial charge in [0.05, 0.1) is 25.8 Å². The molecule has 0 bridgehead atoms. The Balaban J connectivity index is 1.71. The van der Waals surface area contributed by atoms with Gasteiger partial charge in [0.15, 0.2) is 5.96 Å². The number of rotatable bonds is 5. The van der Waals surface area contributed by atoms with Crippen LogP contribution in [0.25, 0.3) is 10.8 Å². The first-order valence-electron chi connectivity index (χ1n) is 8.71. The van der Waals surface area contributed by atoms with E-state index in [0.717, 1.165) is 32.3 Å². The lowest BCUT2D eigenvalue weighted by molar-refractivity contribution is -0.0945. The topological polar surface area (TPSA) is 45.7 Å². The molecule has 0 aromatic heterocycles. The Hall–Kier alpha value is -2.07. The Morgan fingerprint density at radius 2 is 1.96 bits per heavy atom. The van der Waals surface area contributed by atoms with E-state index in [2.05, 4.69) is 73.9 Å². The molecule has 1 heterocycles. The van der Waals surface area contributed by atoms with Crippen molar-refractivity contribution in [3.63, 3.8) is 0 Å². The maximum atomic E-state index is 5.31. The normalized spacial score (nSPS) is 18.0. The van der Waals surface area contributed by atoms with Crippen molar-refractivity contribution < 1.29 is 4.74 Å². The second-order valence-corrected chi connectivity index (χ2v) is 6.97. The largest absolute Gasteiger partial charge is 0.380 e. The maximum Gasteiger partial charge on any atom is 0.191 e. The molecule has 2 N–H and O–H groups in total. The Kier molecular flexibility index (Phi) is 5.05. The Labute approximate surface area is 144 Å². The molecule has 0 saturated carbocycles. The van der Waals surface area contributed by atoms with Gasteiger partial charge in [0, 0.05) is 12.0 Å². The van der Waals surface area contributed by atoms with Crippen LogP contribution in [0.1, 0.15) is 32.4 Å². The van der Waals surface area contributed by atoms with Crippen molar-refractivity contribution >= 4 is 16.7 Å². The van der Waals surface area contributed by atoms with Crippen molar-refractivity contribution in [3.8, 4) is 0 Å². The summed E-state index contributed by atoms with van der Waals surface area (Å²) < 4.78 is 5.31. The van der Waals surface area contributed by atoms with Crippen LogP contribution in [-0.4, -0.2) is 32.3 Å². The van der Waals surface area contributed by atoms with Gasteiger partial charge in [0.25, 0.3) is 0 Å². The third-order valence-corrected chi connectivity index (χ3v) is 4.49. The standard InChI is InChI=1S/C20H27N3O/c1-4-21-19(22-12-20(3)13-24-14-20)23-15(2)17-10-9-16-7-5-6-8-18(16)11-17/h5-11,15H,4,12-14H2,1-3H3,(H2,21,22,23). The van der Waals surface area contributed by atoms with Crippen molar-refractivity contribution in [2.45, 2.75) is 26.8 Å². The average molecular weight is 325 g/mol. The van der Waals surface area contributed by atoms with Gasteiger partial charge in [0.1, 0.15) is 0 Å². The molecular formula is C20H27N3O. The lowest BCUT2D eigenvalue weighted by atomic mass is 9.89. The summed E-state index contributed by atoms with van der Waals surface area (Å²) >= 11 is 0. The Bertz CT molecular complexity index is 722. The molecule has 1 fully saturated rings. The van der Waals surface area contributed by atoms with E-state index in [1.807, 2.05) is 0 Å². The fraction of sp³-hybridized carbons (Fsp3) is 0.450. The van der Waals surface area contributed by atoms with Crippen LogP contribution in [0.4, 0.5) is 0 Å². The van der Waals surface area contributed by atoms with E-state index in [1.165, 1.54) is 16.3 Å². The van der Waals surface area contributed by atoms with Gasteiger partial charge in [-0.25, -0.2) is 0 Å². The molecule has 2 aromatic rings. The highest BCUT2D eigenvalue weighted by molar-refractivity contribution is 5.84. The molecule has 0 amide bonds. The summed E-state index contributed by atoms with van der Waals surface area (Å²) in [6, 6.07) is 15.3. The van der Waals surface area contributed by atoms with E-state index in [9.17, 15) is 0 Å². The molecule has 1 aliphatic heterocycles. The summed E-state index contributed by atoms with van der Waals surface area (Å²) in [5, 5.41) is 9.40. The predicted octanol–water partition coefficient (Wildman–Crippen LogP) is 3.49. The van der Waals surface area contributed by atoms with E-state index < -0.39 is 0 Å². The van der Waals surface area contributed by atoms with E-state index in [0.29, 0.717) is 0 Å². The van der Waals surface area contributed by atoms with Gasteiger partial charge in [0.2, 0.25) is 0 Å². The van der Waals surface area contributed by atoms with E-state index in [4.69, 9.17) is 9.73 Å². The van der Waals surface area contributed by atoms with E-state index in [-0.39, 0.29) is 11.5 Å². The fourth-order valence-corrected chi connectivity index (χ4v) is 2.90. The number of benzene rings is 2. The molecule has 24 heavy (non-hydrogen) atoms. The summed E-state index contributed by atoms with van der Waals surface area (Å²) in [6.45, 7) is 9.72. The lowest BCUT2D eigenvalue weighted by Gasteiger charge is -2.36. The lowest BCUT2D eigenvalue weighted by Crippen LogP contribution is -2.44. The number of guanidine groups is 1. The minimum absolute atomic E-state index is 0.189. The smallest absolute Gasteiger partial charge is 0.191 e. The number of ether oxygens (including phenoxy) is 1. The molecular weight excluding hydrogens is 298 g/mol. The van der Waals surface area contributed by atoms with Gasteiger partial charge in [-0.15, -0.1) is 0 Å². The highest BCUT2D eigenvalue weighted by Crippen LogP contribution is 2.26. The predicted molar refractivity (Wildman–Crippen MR) is 100 cm³/mol. The maximum absolute atomic E-state index is 5.31. The zero-order valence-electron chi connectivity index (χ0n) is 14.8. The second kappa shape index (κ2) is 7.22. The Morgan fingerprint density at radius 3 is 2.62 bits per heavy atom. The number of nitrogens with zero attached hydrogens (tertiary/aromatic N) is 1. The van der Waals surface area contributed by atoms with E-state index in [1.54, 1.807) is 0 Å². The minimum atomic E-state index is 0.189. The number of aliphatic imine (C=N–C) groups is 1. The van der Waals surface area contributed by atoms with Gasteiger partial charge in [-0.1, -0.05) is 43.3 Å². The zero-order valence-corrected chi connectivity index (χ0v) is 14.8. The molecule has 128 valence electrons. The van der Waals surface area contributed by atoms with Gasteiger partial charge in [-0.2, -0.15) is 0 Å². The highest BCUT2D eigenvalue weighted by atomic mass is 16.5. The van der Waals surface area contributed by atoms with Crippen LogP contribution in [0.2, 0.25) is 0 Å². The van der Waals surface area contributed by atoms with Gasteiger partial charge in [-0.3, -0.25) is 4.99 Å². The summed E-state index contributed by atoms with van der Waals surface area (Å²) in [6.07, 6.45) is 0. The summed E-state index contributed by atoms with van der Waals surface area (Å²) in [5.41, 5.74) is 1.45. The minimum Gasteiger partial charge on any atom is -0.380 e. The first kappa shape index (κ1) is 16.8. The first-order valence-corrected chi connectivity index (χ1v) is 8.71. The molecule has 1 unspecified atom stereocenters. The summed E-state index contributed by atoms with van der Waals surface area (Å²) in [4.78, 5) is 4.75. The van der Waals surface area contributed by atoms with Gasteiger partial charge < -0.3 is 15.4 Å². The van der Waals surface area contributed by atoms with Crippen molar-refractivity contribution in [3.05, 3.63) is 48.0 Å². The van der Waals surface area contributed by atoms with Crippen molar-refractivity contribution in [1.82, 2.24) is 10.6 Å². The number of hydrogen-bond acceptors (Lipinski definition) is 2. The molecule has 0 radical (unpaired) electrons. The molecule has 0 aliphatic carbocycles. The van der Waals surface area contributed by atoms with Crippen molar-refractivity contribution in [2.75, 3.05) is 26.3 Å². The monoisotopic (exact) mass is 325 g/mol. The highest BCUT2D eigenvalue weighted by Gasteiger charge is 2.33. The average Bonchev–Trinajstić information content (AvgIpc) is 2.57. The molecule has 2 aromatic carbocycles. The molecule has 3 rings (SSSR count). The SMILES string of the molecule is CCNC(=NCC1(C)COC1)NC(C)c1ccc2ccccc2c1. The molecule has 1 aliphatic rings. The number of fused-ring (bicyclic) bond motifs is 1. The molecule has 4 nitrogen and oxygen atoms in total. The third kappa shape index (κ3) is 3.88. The number of nitrogens with one attached hydrogen (secondary N) is 2. The van der Waals surface area contributed by atoms with Crippen LogP contribution in [0, 0.1) is 5.41 Å². The van der Waals surface area contributed by atoms with Gasteiger partial charge in [-0.05, 0) is 36.2 Å². The van der Waals surface area contributed by atoms with E-state index >= 15 is 0 Å². The Morgan fingerprint density at radius 1 is 1.21 bits per heavy atom. The van der Waals surface area contributed by atoms with Crippen LogP contribution >= 0.6 is 0 Å². The fourth-order valence-electron chi connectivity index (χ4n) is 2.90. The van der Waals surface area contributed by atoms with Crippen LogP contribution in [0.15, 0.2) is 47.5 Å². The number of hydrogen-bond donors (Lipinski definition) is 2. The van der Waals surface area contributed by atoms with Crippen LogP contribution in [0.3, 0.4) is 0 Å². The molecule has 1 atom stereocenters. The van der Waals surface area contributed by atoms with Gasteiger partial charge >= 0.3 is 0 Å². The van der Waals surface area contributed by atoms with Crippen LogP contribution in [-0.2, 0) is 4.74 Å². The second-order valence-electron chi connectivity index (χ2n) is 6.97. The summed E-state index contributed by atoms with van der Waals surface area (Å²) in [5.74, 6) is 0.867. The first-order chi connectivity index (χ1) is 11.6. The van der Waals surface area contributed by atoms with Crippen molar-refractivity contribution in [1.29, 1.82) is 0 Å². The van der Waals surface area contributed by atoms with Crippen LogP contribution in [0.5, 0.6) is 0 Å². The van der Waals surface area contributed by atoms with Crippen molar-refractivity contribution in [2.24, 2.45) is 10.4 Å². The van der Waals surface area contributed by atoms with Crippen LogP contribution < -0.4 is 10.6 Å². The zero-order chi connectivity index (χ0) is 17.0. The third-order valence-electron chi connectivity index (χ3n) is 4.49. The quantitative estimate of drug-likeness (QED) is 0.653. The summed E-state index contributed by atoms with van der Waals surface area (Å²) in [7, 11) is 0. The molecule has 0 spiro atoms. The molecule has 4 heteroatoms.